The van der Waals surface area contributed by atoms with Gasteiger partial charge in [-0.15, -0.1) is 0 Å². The minimum atomic E-state index is -0.724. The molecule has 0 amide bonds. The Labute approximate surface area is 96.2 Å². The first kappa shape index (κ1) is 11.4. The first-order valence-corrected chi connectivity index (χ1v) is 5.15. The molecule has 1 N–H and O–H groups in total. The van der Waals surface area contributed by atoms with Gasteiger partial charge >= 0.3 is 0 Å². The fraction of sp³-hybridized carbons (Fsp3) is 0.167. The van der Waals surface area contributed by atoms with Crippen LogP contribution in [0.3, 0.4) is 0 Å². The summed E-state index contributed by atoms with van der Waals surface area (Å²) in [6.07, 6.45) is 1.63. The van der Waals surface area contributed by atoms with Crippen molar-refractivity contribution in [2.24, 2.45) is 0 Å². The van der Waals surface area contributed by atoms with Crippen LogP contribution in [0, 0.1) is 11.6 Å². The lowest BCUT2D eigenvalue weighted by Crippen LogP contribution is -2.14. The highest BCUT2D eigenvalue weighted by Gasteiger charge is 2.13. The zero-order valence-corrected chi connectivity index (χ0v) is 9.13. The summed E-state index contributed by atoms with van der Waals surface area (Å²) < 4.78 is 26.4. The summed E-state index contributed by atoms with van der Waals surface area (Å²) >= 11 is 0. The van der Waals surface area contributed by atoms with E-state index in [2.05, 4.69) is 9.97 Å². The third-order valence-corrected chi connectivity index (χ3v) is 2.49. The fourth-order valence-corrected chi connectivity index (χ4v) is 1.67. The molecule has 3 nitrogen and oxygen atoms in total. The van der Waals surface area contributed by atoms with Crippen LogP contribution >= 0.6 is 0 Å². The summed E-state index contributed by atoms with van der Waals surface area (Å²) in [4.78, 5) is 17.9. The van der Waals surface area contributed by atoms with Gasteiger partial charge in [-0.25, -0.2) is 13.8 Å². The number of halogens is 2. The van der Waals surface area contributed by atoms with Crippen LogP contribution in [0.4, 0.5) is 8.78 Å². The number of aromatic nitrogens is 2. The number of aromatic amines is 1. The molecule has 1 aromatic heterocycles. The first-order chi connectivity index (χ1) is 8.13. The van der Waals surface area contributed by atoms with Crippen LogP contribution in [0.25, 0.3) is 11.3 Å². The minimum absolute atomic E-state index is 0.134. The smallest absolute Gasteiger partial charge is 0.254 e. The molecule has 0 aliphatic heterocycles. The van der Waals surface area contributed by atoms with Crippen molar-refractivity contribution in [1.82, 2.24) is 9.97 Å². The van der Waals surface area contributed by atoms with Gasteiger partial charge in [-0.05, 0) is 18.6 Å². The van der Waals surface area contributed by atoms with Crippen molar-refractivity contribution in [2.45, 2.75) is 13.3 Å². The molecule has 0 unspecified atom stereocenters. The number of rotatable bonds is 2. The summed E-state index contributed by atoms with van der Waals surface area (Å²) in [5.41, 5.74) is 0.474. The SMILES string of the molecule is CCc1c(-c2ccc(F)cc2F)nc[nH]c1=O. The third-order valence-electron chi connectivity index (χ3n) is 2.49. The van der Waals surface area contributed by atoms with Crippen molar-refractivity contribution in [3.63, 3.8) is 0 Å². The first-order valence-electron chi connectivity index (χ1n) is 5.15. The number of hydrogen-bond acceptors (Lipinski definition) is 2. The maximum Gasteiger partial charge on any atom is 0.254 e. The van der Waals surface area contributed by atoms with E-state index in [1.165, 1.54) is 12.4 Å². The van der Waals surface area contributed by atoms with Gasteiger partial charge in [0.15, 0.2) is 0 Å². The van der Waals surface area contributed by atoms with Crippen molar-refractivity contribution >= 4 is 0 Å². The molecule has 88 valence electrons. The molecule has 0 spiro atoms. The van der Waals surface area contributed by atoms with Crippen LogP contribution in [-0.2, 0) is 6.42 Å². The lowest BCUT2D eigenvalue weighted by molar-refractivity contribution is 0.585. The third kappa shape index (κ3) is 2.08. The fourth-order valence-electron chi connectivity index (χ4n) is 1.67. The van der Waals surface area contributed by atoms with E-state index in [1.54, 1.807) is 6.92 Å². The van der Waals surface area contributed by atoms with E-state index in [1.807, 2.05) is 0 Å². The number of hydrogen-bond donors (Lipinski definition) is 1. The van der Waals surface area contributed by atoms with Gasteiger partial charge in [0.1, 0.15) is 11.6 Å². The zero-order chi connectivity index (χ0) is 12.4. The quantitative estimate of drug-likeness (QED) is 0.869. The Kier molecular flexibility index (Phi) is 2.99. The minimum Gasteiger partial charge on any atom is -0.313 e. The van der Waals surface area contributed by atoms with Gasteiger partial charge in [-0.2, -0.15) is 0 Å². The van der Waals surface area contributed by atoms with Gasteiger partial charge in [0.25, 0.3) is 5.56 Å². The average Bonchev–Trinajstić information content (AvgIpc) is 2.29. The van der Waals surface area contributed by atoms with Crippen LogP contribution in [0.5, 0.6) is 0 Å². The highest BCUT2D eigenvalue weighted by atomic mass is 19.1. The van der Waals surface area contributed by atoms with Crippen molar-refractivity contribution < 1.29 is 8.78 Å². The van der Waals surface area contributed by atoms with Crippen molar-refractivity contribution in [3.8, 4) is 11.3 Å². The summed E-state index contributed by atoms with van der Waals surface area (Å²) in [6, 6.07) is 3.20. The Balaban J connectivity index is 2.68. The molecule has 0 aliphatic carbocycles. The van der Waals surface area contributed by atoms with E-state index >= 15 is 0 Å². The molecule has 17 heavy (non-hydrogen) atoms. The molecule has 0 bridgehead atoms. The van der Waals surface area contributed by atoms with E-state index in [-0.39, 0.29) is 16.8 Å². The Morgan fingerprint density at radius 1 is 1.35 bits per heavy atom. The lowest BCUT2D eigenvalue weighted by Gasteiger charge is -2.06. The summed E-state index contributed by atoms with van der Waals surface area (Å²) in [7, 11) is 0. The number of benzene rings is 1. The predicted octanol–water partition coefficient (Wildman–Crippen LogP) is 2.28. The molecule has 0 fully saturated rings. The molecule has 5 heteroatoms. The van der Waals surface area contributed by atoms with Gasteiger partial charge in [0, 0.05) is 17.2 Å². The van der Waals surface area contributed by atoms with E-state index in [9.17, 15) is 13.6 Å². The lowest BCUT2D eigenvalue weighted by atomic mass is 10.0. The molecular weight excluding hydrogens is 226 g/mol. The van der Waals surface area contributed by atoms with Crippen LogP contribution < -0.4 is 5.56 Å². The van der Waals surface area contributed by atoms with Gasteiger partial charge in [0.2, 0.25) is 0 Å². The maximum atomic E-state index is 13.6. The van der Waals surface area contributed by atoms with Gasteiger partial charge in [0.05, 0.1) is 12.0 Å². The number of nitrogens with one attached hydrogen (secondary N) is 1. The zero-order valence-electron chi connectivity index (χ0n) is 9.13. The van der Waals surface area contributed by atoms with E-state index in [0.717, 1.165) is 12.1 Å². The van der Waals surface area contributed by atoms with Gasteiger partial charge < -0.3 is 4.98 Å². The van der Waals surface area contributed by atoms with E-state index in [0.29, 0.717) is 12.0 Å². The van der Waals surface area contributed by atoms with Crippen LogP contribution in [0.1, 0.15) is 12.5 Å². The molecule has 0 radical (unpaired) electrons. The number of nitrogens with zero attached hydrogens (tertiary/aromatic N) is 1. The molecular formula is C12H10F2N2O. The summed E-state index contributed by atoms with van der Waals surface area (Å²) in [5, 5.41) is 0. The Hall–Kier alpha value is -2.04. The Morgan fingerprint density at radius 3 is 2.76 bits per heavy atom. The standard InChI is InChI=1S/C12H10F2N2O/c1-2-8-11(15-6-16-12(8)17)9-4-3-7(13)5-10(9)14/h3-6H,2H2,1H3,(H,15,16,17). The predicted molar refractivity (Wildman–Crippen MR) is 59.6 cm³/mol. The Bertz CT molecular complexity index is 608. The molecule has 0 aliphatic rings. The molecule has 2 aromatic rings. The molecule has 1 aromatic carbocycles. The van der Waals surface area contributed by atoms with Crippen LogP contribution in [0.15, 0.2) is 29.3 Å². The molecule has 1 heterocycles. The topological polar surface area (TPSA) is 45.8 Å². The molecule has 0 saturated carbocycles. The van der Waals surface area contributed by atoms with Gasteiger partial charge in [-0.1, -0.05) is 6.92 Å². The second-order valence-electron chi connectivity index (χ2n) is 3.54. The normalized spacial score (nSPS) is 10.5. The highest BCUT2D eigenvalue weighted by molar-refractivity contribution is 5.63. The molecule has 2 rings (SSSR count). The number of H-pyrrole nitrogens is 1. The van der Waals surface area contributed by atoms with Gasteiger partial charge in [-0.3, -0.25) is 4.79 Å². The van der Waals surface area contributed by atoms with Crippen LogP contribution in [-0.4, -0.2) is 9.97 Å². The van der Waals surface area contributed by atoms with E-state index in [4.69, 9.17) is 0 Å². The average molecular weight is 236 g/mol. The van der Waals surface area contributed by atoms with Crippen LogP contribution in [0.2, 0.25) is 0 Å². The monoisotopic (exact) mass is 236 g/mol. The molecule has 0 saturated heterocycles. The second-order valence-corrected chi connectivity index (χ2v) is 3.54. The van der Waals surface area contributed by atoms with Crippen molar-refractivity contribution in [1.29, 1.82) is 0 Å². The largest absolute Gasteiger partial charge is 0.313 e. The summed E-state index contributed by atoms with van der Waals surface area (Å²) in [6.45, 7) is 1.77. The van der Waals surface area contributed by atoms with E-state index < -0.39 is 11.6 Å². The Morgan fingerprint density at radius 2 is 2.12 bits per heavy atom. The highest BCUT2D eigenvalue weighted by Crippen LogP contribution is 2.23. The molecule has 0 atom stereocenters. The van der Waals surface area contributed by atoms with Crippen molar-refractivity contribution in [3.05, 3.63) is 52.1 Å². The summed E-state index contributed by atoms with van der Waals surface area (Å²) in [5.74, 6) is -1.38. The van der Waals surface area contributed by atoms with Crippen molar-refractivity contribution in [2.75, 3.05) is 0 Å². The maximum absolute atomic E-state index is 13.6. The second kappa shape index (κ2) is 4.45.